The summed E-state index contributed by atoms with van der Waals surface area (Å²) in [5, 5.41) is 0. The zero-order chi connectivity index (χ0) is 16.9. The standard InChI is InChI=1S/C18H19NO5/c1-3-23-17(21)14-13-8-9-18(24-13)10-19(16(20)15(14)18)11-4-6-12(22-2)7-5-11/h4-9,13-15H,3,10H2,1-2H3/t13-,14?,15+,18-/m1/s1. The van der Waals surface area contributed by atoms with Crippen LogP contribution in [-0.2, 0) is 19.1 Å². The molecule has 2 fully saturated rings. The molecular weight excluding hydrogens is 310 g/mol. The van der Waals surface area contributed by atoms with Crippen LogP contribution in [0.4, 0.5) is 5.69 Å². The Morgan fingerprint density at radius 2 is 2.12 bits per heavy atom. The van der Waals surface area contributed by atoms with Crippen LogP contribution in [0.1, 0.15) is 6.92 Å². The van der Waals surface area contributed by atoms with E-state index in [9.17, 15) is 9.59 Å². The number of anilines is 1. The fraction of sp³-hybridized carbons (Fsp3) is 0.444. The number of carbonyl (C=O) groups is 2. The molecule has 0 N–H and O–H groups in total. The van der Waals surface area contributed by atoms with E-state index in [-0.39, 0.29) is 18.0 Å². The van der Waals surface area contributed by atoms with Crippen molar-refractivity contribution >= 4 is 17.6 Å². The summed E-state index contributed by atoms with van der Waals surface area (Å²) < 4.78 is 16.4. The molecule has 2 saturated heterocycles. The van der Waals surface area contributed by atoms with Crippen LogP contribution in [0, 0.1) is 11.8 Å². The topological polar surface area (TPSA) is 65.1 Å². The lowest BCUT2D eigenvalue weighted by Crippen LogP contribution is -2.40. The normalized spacial score (nSPS) is 33.0. The summed E-state index contributed by atoms with van der Waals surface area (Å²) >= 11 is 0. The largest absolute Gasteiger partial charge is 0.497 e. The van der Waals surface area contributed by atoms with Crippen molar-refractivity contribution in [2.24, 2.45) is 11.8 Å². The lowest BCUT2D eigenvalue weighted by molar-refractivity contribution is -0.151. The summed E-state index contributed by atoms with van der Waals surface area (Å²) in [6.07, 6.45) is 3.44. The third-order valence-corrected chi connectivity index (χ3v) is 5.04. The van der Waals surface area contributed by atoms with Crippen molar-refractivity contribution in [1.82, 2.24) is 0 Å². The molecule has 3 aliphatic heterocycles. The first-order valence-electron chi connectivity index (χ1n) is 8.09. The van der Waals surface area contributed by atoms with Gasteiger partial charge < -0.3 is 19.1 Å². The second-order valence-electron chi connectivity index (χ2n) is 6.27. The highest BCUT2D eigenvalue weighted by atomic mass is 16.6. The Morgan fingerprint density at radius 3 is 2.79 bits per heavy atom. The molecule has 6 heteroatoms. The van der Waals surface area contributed by atoms with Crippen LogP contribution in [0.15, 0.2) is 36.4 Å². The van der Waals surface area contributed by atoms with Crippen LogP contribution in [0.3, 0.4) is 0 Å². The van der Waals surface area contributed by atoms with E-state index in [0.717, 1.165) is 11.4 Å². The number of carbonyl (C=O) groups excluding carboxylic acids is 2. The number of nitrogens with zero attached hydrogens (tertiary/aromatic N) is 1. The lowest BCUT2D eigenvalue weighted by Gasteiger charge is -2.22. The molecule has 0 aliphatic carbocycles. The van der Waals surface area contributed by atoms with Gasteiger partial charge in [-0.1, -0.05) is 12.2 Å². The number of ether oxygens (including phenoxy) is 3. The summed E-state index contributed by atoms with van der Waals surface area (Å²) in [7, 11) is 1.60. The van der Waals surface area contributed by atoms with E-state index in [4.69, 9.17) is 14.2 Å². The Hall–Kier alpha value is -2.34. The predicted octanol–water partition coefficient (Wildman–Crippen LogP) is 1.54. The third-order valence-electron chi connectivity index (χ3n) is 5.04. The van der Waals surface area contributed by atoms with Crippen molar-refractivity contribution in [3.05, 3.63) is 36.4 Å². The number of methoxy groups -OCH3 is 1. The summed E-state index contributed by atoms with van der Waals surface area (Å²) in [6.45, 7) is 2.46. The maximum atomic E-state index is 13.0. The Bertz CT molecular complexity index is 713. The van der Waals surface area contributed by atoms with E-state index in [1.54, 1.807) is 18.9 Å². The highest BCUT2D eigenvalue weighted by Gasteiger charge is 2.67. The zero-order valence-electron chi connectivity index (χ0n) is 13.6. The minimum absolute atomic E-state index is 0.0925. The average Bonchev–Trinajstić information content (AvgIpc) is 3.23. The molecule has 6 nitrogen and oxygen atoms in total. The molecule has 1 spiro atoms. The molecule has 3 heterocycles. The molecule has 3 aliphatic rings. The molecule has 1 aromatic carbocycles. The SMILES string of the molecule is CCOC(=O)C1[C@H]2C(=O)N(c3ccc(OC)cc3)C[C@]23C=C[C@H]1O3. The van der Waals surface area contributed by atoms with Crippen molar-refractivity contribution in [2.45, 2.75) is 18.6 Å². The number of esters is 1. The Labute approximate surface area is 140 Å². The van der Waals surface area contributed by atoms with E-state index in [1.165, 1.54) is 0 Å². The van der Waals surface area contributed by atoms with Gasteiger partial charge in [-0.2, -0.15) is 0 Å². The minimum atomic E-state index is -0.723. The first-order chi connectivity index (χ1) is 11.6. The number of amides is 1. The highest BCUT2D eigenvalue weighted by molar-refractivity contribution is 6.02. The third kappa shape index (κ3) is 1.99. The Kier molecular flexibility index (Phi) is 3.38. The van der Waals surface area contributed by atoms with Gasteiger partial charge in [-0.05, 0) is 31.2 Å². The molecule has 0 radical (unpaired) electrons. The average molecular weight is 329 g/mol. The molecule has 24 heavy (non-hydrogen) atoms. The Balaban J connectivity index is 1.65. The molecule has 1 aromatic rings. The second-order valence-corrected chi connectivity index (χ2v) is 6.27. The van der Waals surface area contributed by atoms with Crippen LogP contribution < -0.4 is 9.64 Å². The van der Waals surface area contributed by atoms with Gasteiger partial charge in [-0.3, -0.25) is 9.59 Å². The fourth-order valence-electron chi connectivity index (χ4n) is 3.99. The Morgan fingerprint density at radius 1 is 1.38 bits per heavy atom. The maximum absolute atomic E-state index is 13.0. The molecule has 1 amide bonds. The van der Waals surface area contributed by atoms with E-state index in [2.05, 4.69) is 0 Å². The van der Waals surface area contributed by atoms with Crippen molar-refractivity contribution in [3.63, 3.8) is 0 Å². The number of fused-ring (bicyclic) bond motifs is 1. The van der Waals surface area contributed by atoms with Crippen LogP contribution in [-0.4, -0.2) is 43.8 Å². The van der Waals surface area contributed by atoms with Crippen LogP contribution >= 0.6 is 0 Å². The molecule has 126 valence electrons. The van der Waals surface area contributed by atoms with Crippen LogP contribution in [0.25, 0.3) is 0 Å². The summed E-state index contributed by atoms with van der Waals surface area (Å²) in [6, 6.07) is 7.30. The zero-order valence-corrected chi connectivity index (χ0v) is 13.6. The number of benzene rings is 1. The van der Waals surface area contributed by atoms with E-state index >= 15 is 0 Å². The second kappa shape index (κ2) is 5.34. The minimum Gasteiger partial charge on any atom is -0.497 e. The van der Waals surface area contributed by atoms with Gasteiger partial charge in [0.15, 0.2) is 0 Å². The number of hydrogen-bond donors (Lipinski definition) is 0. The highest BCUT2D eigenvalue weighted by Crippen LogP contribution is 2.52. The number of hydrogen-bond acceptors (Lipinski definition) is 5. The van der Waals surface area contributed by atoms with Gasteiger partial charge in [0.1, 0.15) is 17.3 Å². The first kappa shape index (κ1) is 15.2. The van der Waals surface area contributed by atoms with Gasteiger partial charge in [0, 0.05) is 5.69 Å². The van der Waals surface area contributed by atoms with Crippen molar-refractivity contribution < 1.29 is 23.8 Å². The summed E-state index contributed by atoms with van der Waals surface area (Å²) in [4.78, 5) is 27.0. The molecule has 1 unspecified atom stereocenters. The van der Waals surface area contributed by atoms with Gasteiger partial charge >= 0.3 is 5.97 Å². The van der Waals surface area contributed by atoms with Gasteiger partial charge in [-0.25, -0.2) is 0 Å². The van der Waals surface area contributed by atoms with Crippen LogP contribution in [0.5, 0.6) is 5.75 Å². The number of rotatable bonds is 4. The quantitative estimate of drug-likeness (QED) is 0.619. The van der Waals surface area contributed by atoms with Crippen molar-refractivity contribution in [1.29, 1.82) is 0 Å². The monoisotopic (exact) mass is 329 g/mol. The molecule has 0 saturated carbocycles. The van der Waals surface area contributed by atoms with Gasteiger partial charge in [-0.15, -0.1) is 0 Å². The summed E-state index contributed by atoms with van der Waals surface area (Å²) in [5.41, 5.74) is 0.0478. The van der Waals surface area contributed by atoms with Crippen molar-refractivity contribution in [3.8, 4) is 5.75 Å². The summed E-state index contributed by atoms with van der Waals surface area (Å²) in [5.74, 6) is -0.807. The molecular formula is C18H19NO5. The fourth-order valence-corrected chi connectivity index (χ4v) is 3.99. The van der Waals surface area contributed by atoms with Crippen LogP contribution in [0.2, 0.25) is 0 Å². The van der Waals surface area contributed by atoms with E-state index in [1.807, 2.05) is 36.4 Å². The molecule has 0 aromatic heterocycles. The molecule has 2 bridgehead atoms. The van der Waals surface area contributed by atoms with Gasteiger partial charge in [0.25, 0.3) is 0 Å². The molecule has 4 atom stereocenters. The maximum Gasteiger partial charge on any atom is 0.312 e. The van der Waals surface area contributed by atoms with E-state index in [0.29, 0.717) is 13.2 Å². The van der Waals surface area contributed by atoms with E-state index < -0.39 is 17.4 Å². The smallest absolute Gasteiger partial charge is 0.312 e. The van der Waals surface area contributed by atoms with Crippen molar-refractivity contribution in [2.75, 3.05) is 25.2 Å². The van der Waals surface area contributed by atoms with Gasteiger partial charge in [0.2, 0.25) is 5.91 Å². The van der Waals surface area contributed by atoms with Gasteiger partial charge in [0.05, 0.1) is 32.3 Å². The first-order valence-corrected chi connectivity index (χ1v) is 8.09. The predicted molar refractivity (Wildman–Crippen MR) is 85.7 cm³/mol. The molecule has 4 rings (SSSR count). The lowest BCUT2D eigenvalue weighted by atomic mass is 9.77.